The van der Waals surface area contributed by atoms with E-state index in [1.54, 1.807) is 18.4 Å². The van der Waals surface area contributed by atoms with Crippen molar-refractivity contribution in [2.75, 3.05) is 26.7 Å². The Kier molecular flexibility index (Phi) is 6.76. The van der Waals surface area contributed by atoms with Crippen LogP contribution in [0.4, 0.5) is 0 Å². The highest BCUT2D eigenvalue weighted by Gasteiger charge is 2.26. The Labute approximate surface area is 180 Å². The standard InChI is InChI=1S/C22H26N4O3S/c1-28-19-7-3-2-6-17(19)18(26-11-4-5-12-26)14-23-20(27)8-9-21-24-25-22(29-21)16-10-13-30-15-16/h2-3,6-7,10,13,15,18H,4-5,8-9,11-12,14H2,1H3,(H,23,27). The number of carbonyl (C=O) groups is 1. The zero-order valence-corrected chi connectivity index (χ0v) is 17.9. The van der Waals surface area contributed by atoms with Crippen LogP contribution in [0.15, 0.2) is 45.5 Å². The smallest absolute Gasteiger partial charge is 0.248 e. The van der Waals surface area contributed by atoms with Crippen molar-refractivity contribution in [1.29, 1.82) is 0 Å². The van der Waals surface area contributed by atoms with Crippen LogP contribution in [0.25, 0.3) is 11.5 Å². The molecule has 1 atom stereocenters. The van der Waals surface area contributed by atoms with Crippen LogP contribution in [0.5, 0.6) is 5.75 Å². The molecular weight excluding hydrogens is 400 g/mol. The Balaban J connectivity index is 1.34. The Hall–Kier alpha value is -2.71. The number of amides is 1. The summed E-state index contributed by atoms with van der Waals surface area (Å²) in [7, 11) is 1.69. The largest absolute Gasteiger partial charge is 0.496 e. The number of aryl methyl sites for hydroxylation is 1. The van der Waals surface area contributed by atoms with Crippen LogP contribution >= 0.6 is 11.3 Å². The molecule has 1 saturated heterocycles. The number of nitrogens with one attached hydrogen (secondary N) is 1. The number of thiophene rings is 1. The van der Waals surface area contributed by atoms with E-state index in [0.717, 1.165) is 30.0 Å². The minimum atomic E-state index is -0.0237. The van der Waals surface area contributed by atoms with E-state index in [9.17, 15) is 4.79 Å². The zero-order chi connectivity index (χ0) is 20.8. The van der Waals surface area contributed by atoms with Crippen molar-refractivity contribution in [3.8, 4) is 17.2 Å². The molecule has 30 heavy (non-hydrogen) atoms. The Morgan fingerprint density at radius 3 is 2.87 bits per heavy atom. The second kappa shape index (κ2) is 9.86. The lowest BCUT2D eigenvalue weighted by Gasteiger charge is -2.29. The highest BCUT2D eigenvalue weighted by molar-refractivity contribution is 7.08. The van der Waals surface area contributed by atoms with Crippen molar-refractivity contribution in [1.82, 2.24) is 20.4 Å². The van der Waals surface area contributed by atoms with Crippen LogP contribution in [0.2, 0.25) is 0 Å². The molecule has 0 radical (unpaired) electrons. The number of aromatic nitrogens is 2. The second-order valence-corrected chi connectivity index (χ2v) is 8.10. The predicted octanol–water partition coefficient (Wildman–Crippen LogP) is 3.69. The third-order valence-electron chi connectivity index (χ3n) is 5.37. The van der Waals surface area contributed by atoms with Crippen LogP contribution in [-0.4, -0.2) is 47.7 Å². The van der Waals surface area contributed by atoms with Crippen molar-refractivity contribution in [2.45, 2.75) is 31.7 Å². The van der Waals surface area contributed by atoms with E-state index >= 15 is 0 Å². The van der Waals surface area contributed by atoms with Crippen LogP contribution in [0.1, 0.15) is 36.8 Å². The molecule has 7 nitrogen and oxygen atoms in total. The molecule has 0 bridgehead atoms. The summed E-state index contributed by atoms with van der Waals surface area (Å²) >= 11 is 1.58. The maximum atomic E-state index is 12.5. The molecule has 0 aliphatic carbocycles. The number of methoxy groups -OCH3 is 1. The van der Waals surface area contributed by atoms with Crippen LogP contribution in [0.3, 0.4) is 0 Å². The molecule has 3 heterocycles. The van der Waals surface area contributed by atoms with E-state index in [1.807, 2.05) is 35.0 Å². The van der Waals surface area contributed by atoms with E-state index in [0.29, 0.717) is 31.2 Å². The molecule has 1 N–H and O–H groups in total. The number of nitrogens with zero attached hydrogens (tertiary/aromatic N) is 3. The van der Waals surface area contributed by atoms with E-state index in [4.69, 9.17) is 9.15 Å². The van der Waals surface area contributed by atoms with E-state index in [-0.39, 0.29) is 11.9 Å². The van der Waals surface area contributed by atoms with Crippen LogP contribution < -0.4 is 10.1 Å². The number of hydrogen-bond acceptors (Lipinski definition) is 7. The lowest BCUT2D eigenvalue weighted by atomic mass is 10.0. The Bertz CT molecular complexity index is 951. The van der Waals surface area contributed by atoms with Gasteiger partial charge in [-0.1, -0.05) is 18.2 Å². The van der Waals surface area contributed by atoms with E-state index in [1.165, 1.54) is 12.8 Å². The molecular formula is C22H26N4O3S. The summed E-state index contributed by atoms with van der Waals surface area (Å²) < 4.78 is 11.2. The molecule has 1 aliphatic rings. The van der Waals surface area contributed by atoms with Crippen molar-refractivity contribution in [3.05, 3.63) is 52.5 Å². The maximum absolute atomic E-state index is 12.5. The van der Waals surface area contributed by atoms with E-state index in [2.05, 4.69) is 26.5 Å². The number of carbonyl (C=O) groups excluding carboxylic acids is 1. The van der Waals surface area contributed by atoms with Gasteiger partial charge in [-0.15, -0.1) is 10.2 Å². The van der Waals surface area contributed by atoms with Gasteiger partial charge in [-0.05, 0) is 43.4 Å². The maximum Gasteiger partial charge on any atom is 0.248 e. The van der Waals surface area contributed by atoms with Gasteiger partial charge >= 0.3 is 0 Å². The van der Waals surface area contributed by atoms with Gasteiger partial charge < -0.3 is 14.5 Å². The molecule has 158 valence electrons. The molecule has 4 rings (SSSR count). The predicted molar refractivity (Wildman–Crippen MR) is 115 cm³/mol. The first-order chi connectivity index (χ1) is 14.7. The highest BCUT2D eigenvalue weighted by atomic mass is 32.1. The van der Waals surface area contributed by atoms with Gasteiger partial charge in [-0.2, -0.15) is 11.3 Å². The van der Waals surface area contributed by atoms with Gasteiger partial charge in [0.15, 0.2) is 0 Å². The first-order valence-corrected chi connectivity index (χ1v) is 11.2. The van der Waals surface area contributed by atoms with Gasteiger partial charge in [0, 0.05) is 35.9 Å². The number of para-hydroxylation sites is 1. The zero-order valence-electron chi connectivity index (χ0n) is 17.0. The summed E-state index contributed by atoms with van der Waals surface area (Å²) in [5.41, 5.74) is 2.02. The summed E-state index contributed by atoms with van der Waals surface area (Å²) in [6, 6.07) is 10.1. The molecule has 3 aromatic rings. The third kappa shape index (κ3) is 4.88. The van der Waals surface area contributed by atoms with Crippen LogP contribution in [-0.2, 0) is 11.2 Å². The fraction of sp³-hybridized carbons (Fsp3) is 0.409. The number of likely N-dealkylation sites (tertiary alicyclic amines) is 1. The fourth-order valence-corrected chi connectivity index (χ4v) is 4.44. The summed E-state index contributed by atoms with van der Waals surface area (Å²) in [4.78, 5) is 14.9. The van der Waals surface area contributed by atoms with Gasteiger partial charge in [0.2, 0.25) is 17.7 Å². The quantitative estimate of drug-likeness (QED) is 0.562. The number of rotatable bonds is 9. The van der Waals surface area contributed by atoms with Crippen LogP contribution in [0, 0.1) is 0 Å². The molecule has 0 saturated carbocycles. The molecule has 8 heteroatoms. The van der Waals surface area contributed by atoms with Crippen molar-refractivity contribution < 1.29 is 13.9 Å². The minimum absolute atomic E-state index is 0.0237. The van der Waals surface area contributed by atoms with Gasteiger partial charge in [0.05, 0.1) is 13.2 Å². The number of ether oxygens (including phenoxy) is 1. The van der Waals surface area contributed by atoms with Crippen molar-refractivity contribution >= 4 is 17.2 Å². The first-order valence-electron chi connectivity index (χ1n) is 10.2. The lowest BCUT2D eigenvalue weighted by molar-refractivity contribution is -0.121. The minimum Gasteiger partial charge on any atom is -0.496 e. The average Bonchev–Trinajstić information content (AvgIpc) is 3.55. The molecule has 1 aromatic carbocycles. The monoisotopic (exact) mass is 426 g/mol. The summed E-state index contributed by atoms with van der Waals surface area (Å²) in [6.45, 7) is 2.61. The Morgan fingerprint density at radius 1 is 1.27 bits per heavy atom. The normalized spacial score (nSPS) is 15.2. The van der Waals surface area contributed by atoms with Gasteiger partial charge in [-0.3, -0.25) is 9.69 Å². The van der Waals surface area contributed by atoms with Crippen molar-refractivity contribution in [2.24, 2.45) is 0 Å². The van der Waals surface area contributed by atoms with Crippen molar-refractivity contribution in [3.63, 3.8) is 0 Å². The lowest BCUT2D eigenvalue weighted by Crippen LogP contribution is -2.37. The highest BCUT2D eigenvalue weighted by Crippen LogP contribution is 2.31. The number of hydrogen-bond donors (Lipinski definition) is 1. The van der Waals surface area contributed by atoms with Gasteiger partial charge in [0.25, 0.3) is 0 Å². The SMILES string of the molecule is COc1ccccc1C(CNC(=O)CCc1nnc(-c2ccsc2)o1)N1CCCC1. The van der Waals surface area contributed by atoms with Gasteiger partial charge in [-0.25, -0.2) is 0 Å². The topological polar surface area (TPSA) is 80.5 Å². The molecule has 0 spiro atoms. The third-order valence-corrected chi connectivity index (χ3v) is 6.06. The molecule has 1 unspecified atom stereocenters. The fourth-order valence-electron chi connectivity index (χ4n) is 3.81. The summed E-state index contributed by atoms with van der Waals surface area (Å²) in [6.07, 6.45) is 3.10. The second-order valence-electron chi connectivity index (χ2n) is 7.32. The summed E-state index contributed by atoms with van der Waals surface area (Å²) in [5.74, 6) is 1.81. The molecule has 1 fully saturated rings. The summed E-state index contributed by atoms with van der Waals surface area (Å²) in [5, 5.41) is 15.1. The van der Waals surface area contributed by atoms with Gasteiger partial charge in [0.1, 0.15) is 5.75 Å². The van der Waals surface area contributed by atoms with E-state index < -0.39 is 0 Å². The number of benzene rings is 1. The molecule has 2 aromatic heterocycles. The Morgan fingerprint density at radius 2 is 2.10 bits per heavy atom. The first kappa shape index (κ1) is 20.6. The molecule has 1 amide bonds. The molecule has 1 aliphatic heterocycles. The average molecular weight is 427 g/mol.